The molecule has 0 aliphatic carbocycles. The second-order valence-corrected chi connectivity index (χ2v) is 8.99. The van der Waals surface area contributed by atoms with E-state index in [4.69, 9.17) is 4.74 Å². The van der Waals surface area contributed by atoms with Gasteiger partial charge in [0.25, 0.3) is 0 Å². The van der Waals surface area contributed by atoms with Gasteiger partial charge in [0.2, 0.25) is 0 Å². The maximum absolute atomic E-state index is 12.3. The smallest absolute Gasteiger partial charge is 0.307 e. The summed E-state index contributed by atoms with van der Waals surface area (Å²) in [5.74, 6) is -0.582. The first-order chi connectivity index (χ1) is 9.59. The van der Waals surface area contributed by atoms with Crippen molar-refractivity contribution in [2.45, 2.75) is 35.3 Å². The zero-order valence-electron chi connectivity index (χ0n) is 12.1. The lowest BCUT2D eigenvalue weighted by molar-refractivity contribution is -0.143. The summed E-state index contributed by atoms with van der Waals surface area (Å²) in [5.41, 5.74) is 0. The van der Waals surface area contributed by atoms with Gasteiger partial charge in [-0.2, -0.15) is 0 Å². The number of hydrogen-bond donors (Lipinski definition) is 0. The molecular formula is C13H18O6S2. The number of carbonyl (C=O) groups excluding carboxylic acids is 1. The molecule has 0 bridgehead atoms. The lowest BCUT2D eigenvalue weighted by Gasteiger charge is -2.12. The number of esters is 1. The van der Waals surface area contributed by atoms with Gasteiger partial charge in [-0.3, -0.25) is 4.79 Å². The molecule has 0 N–H and O–H groups in total. The number of sulfone groups is 2. The highest BCUT2D eigenvalue weighted by molar-refractivity contribution is 7.92. The Labute approximate surface area is 125 Å². The van der Waals surface area contributed by atoms with E-state index < -0.39 is 30.9 Å². The number of carbonyl (C=O) groups is 1. The van der Waals surface area contributed by atoms with E-state index in [1.807, 2.05) is 0 Å². The summed E-state index contributed by atoms with van der Waals surface area (Å²) in [6.07, 6.45) is 0.796. The minimum atomic E-state index is -3.71. The lowest BCUT2D eigenvalue weighted by Crippen LogP contribution is -2.22. The van der Waals surface area contributed by atoms with Crippen molar-refractivity contribution in [2.24, 2.45) is 0 Å². The van der Waals surface area contributed by atoms with E-state index in [1.165, 1.54) is 31.2 Å². The van der Waals surface area contributed by atoms with Gasteiger partial charge < -0.3 is 4.74 Å². The molecule has 0 saturated heterocycles. The molecule has 6 nitrogen and oxygen atoms in total. The normalized spacial score (nSPS) is 13.7. The van der Waals surface area contributed by atoms with Crippen LogP contribution in [0.2, 0.25) is 0 Å². The SMILES string of the molecule is CCOC(=O)CC(C)S(=O)(=O)c1ccc(S(C)(=O)=O)cc1. The van der Waals surface area contributed by atoms with Crippen LogP contribution in [0.1, 0.15) is 20.3 Å². The molecule has 0 aliphatic heterocycles. The Morgan fingerprint density at radius 3 is 2.00 bits per heavy atom. The van der Waals surface area contributed by atoms with Crippen LogP contribution in [0.5, 0.6) is 0 Å². The maximum atomic E-state index is 12.3. The fraction of sp³-hybridized carbons (Fsp3) is 0.462. The van der Waals surface area contributed by atoms with Crippen LogP contribution in [0.15, 0.2) is 34.1 Å². The van der Waals surface area contributed by atoms with Gasteiger partial charge in [0.15, 0.2) is 19.7 Å². The third kappa shape index (κ3) is 4.53. The molecular weight excluding hydrogens is 316 g/mol. The van der Waals surface area contributed by atoms with Gasteiger partial charge in [-0.1, -0.05) is 0 Å². The van der Waals surface area contributed by atoms with Gasteiger partial charge in [0.1, 0.15) is 0 Å². The largest absolute Gasteiger partial charge is 0.466 e. The first-order valence-corrected chi connectivity index (χ1v) is 9.72. The molecule has 0 aromatic heterocycles. The van der Waals surface area contributed by atoms with E-state index in [2.05, 4.69) is 0 Å². The third-order valence-electron chi connectivity index (χ3n) is 2.87. The summed E-state index contributed by atoms with van der Waals surface area (Å²) in [7, 11) is -7.09. The molecule has 0 aliphatic rings. The molecule has 0 radical (unpaired) electrons. The summed E-state index contributed by atoms with van der Waals surface area (Å²) in [4.78, 5) is 11.4. The van der Waals surface area contributed by atoms with Crippen LogP contribution in [0.4, 0.5) is 0 Å². The first-order valence-electron chi connectivity index (χ1n) is 6.28. The summed E-state index contributed by atoms with van der Waals surface area (Å²) in [5, 5.41) is -0.944. The second-order valence-electron chi connectivity index (χ2n) is 4.61. The second kappa shape index (κ2) is 6.57. The molecule has 0 heterocycles. The molecule has 1 rings (SSSR count). The van der Waals surface area contributed by atoms with Crippen molar-refractivity contribution in [1.82, 2.24) is 0 Å². The van der Waals surface area contributed by atoms with Crippen molar-refractivity contribution in [3.63, 3.8) is 0 Å². The Hall–Kier alpha value is -1.41. The number of hydrogen-bond acceptors (Lipinski definition) is 6. The van der Waals surface area contributed by atoms with E-state index in [1.54, 1.807) is 6.92 Å². The highest BCUT2D eigenvalue weighted by Gasteiger charge is 2.26. The fourth-order valence-corrected chi connectivity index (χ4v) is 3.64. The van der Waals surface area contributed by atoms with Crippen molar-refractivity contribution in [1.29, 1.82) is 0 Å². The molecule has 0 fully saturated rings. The Balaban J connectivity index is 3.00. The molecule has 21 heavy (non-hydrogen) atoms. The van der Waals surface area contributed by atoms with Crippen LogP contribution >= 0.6 is 0 Å². The van der Waals surface area contributed by atoms with E-state index in [9.17, 15) is 21.6 Å². The van der Waals surface area contributed by atoms with Crippen LogP contribution in [0, 0.1) is 0 Å². The summed E-state index contributed by atoms with van der Waals surface area (Å²) >= 11 is 0. The average Bonchev–Trinajstić information content (AvgIpc) is 2.38. The molecule has 0 spiro atoms. The van der Waals surface area contributed by atoms with Crippen molar-refractivity contribution in [3.05, 3.63) is 24.3 Å². The molecule has 118 valence electrons. The lowest BCUT2D eigenvalue weighted by atomic mass is 10.3. The summed E-state index contributed by atoms with van der Waals surface area (Å²) in [6.45, 7) is 3.24. The number of rotatable bonds is 6. The summed E-state index contributed by atoms with van der Waals surface area (Å²) in [6, 6.07) is 4.93. The van der Waals surface area contributed by atoms with Crippen LogP contribution in [-0.2, 0) is 29.2 Å². The Kier molecular flexibility index (Phi) is 5.52. The Bertz CT molecular complexity index is 702. The monoisotopic (exact) mass is 334 g/mol. The van der Waals surface area contributed by atoms with Crippen LogP contribution in [0.3, 0.4) is 0 Å². The van der Waals surface area contributed by atoms with Gasteiger partial charge in [-0.05, 0) is 38.1 Å². The minimum Gasteiger partial charge on any atom is -0.466 e. The van der Waals surface area contributed by atoms with Crippen LogP contribution < -0.4 is 0 Å². The zero-order chi connectivity index (χ0) is 16.3. The average molecular weight is 334 g/mol. The minimum absolute atomic E-state index is 0.0216. The van der Waals surface area contributed by atoms with Crippen molar-refractivity contribution in [3.8, 4) is 0 Å². The third-order valence-corrected chi connectivity index (χ3v) is 6.15. The molecule has 1 aromatic rings. The quantitative estimate of drug-likeness (QED) is 0.726. The van der Waals surface area contributed by atoms with Crippen molar-refractivity contribution >= 4 is 25.6 Å². The van der Waals surface area contributed by atoms with Crippen LogP contribution in [-0.4, -0.2) is 40.9 Å². The number of benzene rings is 1. The Morgan fingerprint density at radius 2 is 1.57 bits per heavy atom. The summed E-state index contributed by atoms with van der Waals surface area (Å²) < 4.78 is 51.9. The van der Waals surface area contributed by atoms with E-state index in [-0.39, 0.29) is 22.8 Å². The molecule has 0 amide bonds. The Morgan fingerprint density at radius 1 is 1.10 bits per heavy atom. The molecule has 0 saturated carbocycles. The highest BCUT2D eigenvalue weighted by Crippen LogP contribution is 2.20. The maximum Gasteiger partial charge on any atom is 0.307 e. The predicted molar refractivity (Wildman–Crippen MR) is 77.4 cm³/mol. The van der Waals surface area contributed by atoms with Gasteiger partial charge in [-0.15, -0.1) is 0 Å². The van der Waals surface area contributed by atoms with Gasteiger partial charge in [0, 0.05) is 6.26 Å². The van der Waals surface area contributed by atoms with E-state index in [0.717, 1.165) is 6.26 Å². The van der Waals surface area contributed by atoms with Crippen molar-refractivity contribution in [2.75, 3.05) is 12.9 Å². The molecule has 8 heteroatoms. The highest BCUT2D eigenvalue weighted by atomic mass is 32.2. The zero-order valence-corrected chi connectivity index (χ0v) is 13.7. The van der Waals surface area contributed by atoms with Gasteiger partial charge in [0.05, 0.1) is 28.1 Å². The standard InChI is InChI=1S/C13H18O6S2/c1-4-19-13(14)9-10(2)21(17,18)12-7-5-11(6-8-12)20(3,15)16/h5-8,10H,4,9H2,1-3H3. The predicted octanol–water partition coefficient (Wildman–Crippen LogP) is 1.21. The molecule has 1 atom stereocenters. The van der Waals surface area contributed by atoms with E-state index >= 15 is 0 Å². The fourth-order valence-electron chi connectivity index (χ4n) is 1.67. The molecule has 1 unspecified atom stereocenters. The van der Waals surface area contributed by atoms with Gasteiger partial charge >= 0.3 is 5.97 Å². The first kappa shape index (κ1) is 17.6. The topological polar surface area (TPSA) is 94.6 Å². The molecule has 1 aromatic carbocycles. The van der Waals surface area contributed by atoms with E-state index in [0.29, 0.717) is 0 Å². The van der Waals surface area contributed by atoms with Crippen LogP contribution in [0.25, 0.3) is 0 Å². The number of ether oxygens (including phenoxy) is 1. The van der Waals surface area contributed by atoms with Gasteiger partial charge in [-0.25, -0.2) is 16.8 Å². The van der Waals surface area contributed by atoms with Crippen molar-refractivity contribution < 1.29 is 26.4 Å².